The van der Waals surface area contributed by atoms with E-state index in [0.29, 0.717) is 0 Å². The number of aryl methyl sites for hydroxylation is 1. The van der Waals surface area contributed by atoms with E-state index in [9.17, 15) is 0 Å². The molecule has 3 heteroatoms. The van der Waals surface area contributed by atoms with Gasteiger partial charge in [-0.25, -0.2) is 0 Å². The summed E-state index contributed by atoms with van der Waals surface area (Å²) in [5.41, 5.74) is 3.60. The molecule has 0 radical (unpaired) electrons. The molecule has 3 aromatic rings. The number of nitrogens with one attached hydrogen (secondary N) is 1. The second kappa shape index (κ2) is 2.98. The van der Waals surface area contributed by atoms with Crippen molar-refractivity contribution < 1.29 is 0 Å². The molecule has 0 amide bonds. The Labute approximate surface area is 87.4 Å². The number of hydrogen-bond acceptors (Lipinski definition) is 1. The first-order valence-corrected chi connectivity index (χ1v) is 4.89. The first kappa shape index (κ1) is 8.29. The van der Waals surface area contributed by atoms with Crippen molar-refractivity contribution in [3.63, 3.8) is 0 Å². The summed E-state index contributed by atoms with van der Waals surface area (Å²) in [7, 11) is 2.06. The highest BCUT2D eigenvalue weighted by molar-refractivity contribution is 5.95. The van der Waals surface area contributed by atoms with Crippen molar-refractivity contribution in [1.82, 2.24) is 14.8 Å². The van der Waals surface area contributed by atoms with Gasteiger partial charge < -0.3 is 4.57 Å². The molecule has 3 nitrogen and oxygen atoms in total. The number of benzene rings is 1. The Hall–Kier alpha value is -2.03. The molecule has 1 N–H and O–H groups in total. The molecule has 0 bridgehead atoms. The molecule has 0 spiro atoms. The van der Waals surface area contributed by atoms with Crippen molar-refractivity contribution in [3.05, 3.63) is 42.9 Å². The van der Waals surface area contributed by atoms with E-state index in [-0.39, 0.29) is 0 Å². The van der Waals surface area contributed by atoms with Crippen molar-refractivity contribution in [2.24, 2.45) is 7.05 Å². The lowest BCUT2D eigenvalue weighted by molar-refractivity contribution is 0.969. The van der Waals surface area contributed by atoms with Crippen LogP contribution in [0.1, 0.15) is 0 Å². The molecule has 3 rings (SSSR count). The van der Waals surface area contributed by atoms with Gasteiger partial charge in [0.2, 0.25) is 0 Å². The van der Waals surface area contributed by atoms with E-state index in [2.05, 4.69) is 52.3 Å². The van der Waals surface area contributed by atoms with Crippen LogP contribution in [-0.4, -0.2) is 14.8 Å². The number of hydrogen-bond donors (Lipinski definition) is 1. The third-order valence-electron chi connectivity index (χ3n) is 2.74. The standard InChI is InChI=1S/C12H11N3/c1-15-6-5-11-10(3-2-4-12(11)15)9-7-13-14-8-9/h2-8H,1H3,(H,13,14). The topological polar surface area (TPSA) is 33.6 Å². The average molecular weight is 197 g/mol. The van der Waals surface area contributed by atoms with Crippen molar-refractivity contribution in [2.75, 3.05) is 0 Å². The van der Waals surface area contributed by atoms with Crippen LogP contribution in [0.4, 0.5) is 0 Å². The predicted octanol–water partition coefficient (Wildman–Crippen LogP) is 2.57. The number of nitrogens with zero attached hydrogens (tertiary/aromatic N) is 2. The molecule has 0 aliphatic carbocycles. The van der Waals surface area contributed by atoms with Gasteiger partial charge in [0.15, 0.2) is 0 Å². The number of fused-ring (bicyclic) bond motifs is 1. The Morgan fingerprint density at radius 3 is 3.00 bits per heavy atom. The van der Waals surface area contributed by atoms with Gasteiger partial charge in [0.1, 0.15) is 0 Å². The minimum absolute atomic E-state index is 1.13. The zero-order chi connectivity index (χ0) is 10.3. The fourth-order valence-electron chi connectivity index (χ4n) is 1.95. The Morgan fingerprint density at radius 1 is 1.27 bits per heavy atom. The molecule has 0 fully saturated rings. The predicted molar refractivity (Wildman–Crippen MR) is 60.5 cm³/mol. The van der Waals surface area contributed by atoms with Crippen LogP contribution in [0, 0.1) is 0 Å². The Morgan fingerprint density at radius 2 is 2.20 bits per heavy atom. The highest BCUT2D eigenvalue weighted by Gasteiger charge is 2.05. The molecule has 15 heavy (non-hydrogen) atoms. The minimum atomic E-state index is 1.13. The summed E-state index contributed by atoms with van der Waals surface area (Å²) >= 11 is 0. The summed E-state index contributed by atoms with van der Waals surface area (Å²) in [6.45, 7) is 0. The van der Waals surface area contributed by atoms with Crippen molar-refractivity contribution in [1.29, 1.82) is 0 Å². The first-order chi connectivity index (χ1) is 7.36. The third-order valence-corrected chi connectivity index (χ3v) is 2.74. The van der Waals surface area contributed by atoms with Crippen LogP contribution in [-0.2, 0) is 7.05 Å². The van der Waals surface area contributed by atoms with Gasteiger partial charge in [-0.2, -0.15) is 5.10 Å². The zero-order valence-electron chi connectivity index (χ0n) is 8.44. The molecule has 2 heterocycles. The molecule has 1 aromatic carbocycles. The lowest BCUT2D eigenvalue weighted by Gasteiger charge is -2.01. The van der Waals surface area contributed by atoms with Crippen molar-refractivity contribution in [3.8, 4) is 11.1 Å². The molecule has 0 unspecified atom stereocenters. The van der Waals surface area contributed by atoms with E-state index in [0.717, 1.165) is 5.56 Å². The smallest absolute Gasteiger partial charge is 0.0566 e. The van der Waals surface area contributed by atoms with Gasteiger partial charge in [0.25, 0.3) is 0 Å². The highest BCUT2D eigenvalue weighted by atomic mass is 15.1. The summed E-state index contributed by atoms with van der Waals surface area (Å²) < 4.78 is 2.12. The van der Waals surface area contributed by atoms with Gasteiger partial charge in [0.05, 0.1) is 6.20 Å². The normalized spacial score (nSPS) is 11.0. The van der Waals surface area contributed by atoms with Gasteiger partial charge in [-0.15, -0.1) is 0 Å². The molecule has 2 aromatic heterocycles. The molecule has 74 valence electrons. The maximum absolute atomic E-state index is 3.98. The van der Waals surface area contributed by atoms with E-state index in [4.69, 9.17) is 0 Å². The molecular weight excluding hydrogens is 186 g/mol. The van der Waals surface area contributed by atoms with E-state index < -0.39 is 0 Å². The Kier molecular flexibility index (Phi) is 1.65. The summed E-state index contributed by atoms with van der Waals surface area (Å²) in [6, 6.07) is 8.45. The van der Waals surface area contributed by atoms with Gasteiger partial charge in [-0.05, 0) is 17.7 Å². The van der Waals surface area contributed by atoms with Gasteiger partial charge in [0, 0.05) is 35.9 Å². The molecule has 0 saturated carbocycles. The summed E-state index contributed by atoms with van der Waals surface area (Å²) in [6.07, 6.45) is 5.85. The number of aromatic nitrogens is 3. The monoisotopic (exact) mass is 197 g/mol. The first-order valence-electron chi connectivity index (χ1n) is 4.89. The largest absolute Gasteiger partial charge is 0.351 e. The van der Waals surface area contributed by atoms with Gasteiger partial charge in [-0.3, -0.25) is 5.10 Å². The molecular formula is C12H11N3. The van der Waals surface area contributed by atoms with Crippen LogP contribution in [0.25, 0.3) is 22.0 Å². The van der Waals surface area contributed by atoms with Crippen LogP contribution in [0.3, 0.4) is 0 Å². The maximum atomic E-state index is 3.98. The maximum Gasteiger partial charge on any atom is 0.0566 e. The number of H-pyrrole nitrogens is 1. The fourth-order valence-corrected chi connectivity index (χ4v) is 1.95. The van der Waals surface area contributed by atoms with Crippen molar-refractivity contribution >= 4 is 10.9 Å². The van der Waals surface area contributed by atoms with Crippen molar-refractivity contribution in [2.45, 2.75) is 0 Å². The van der Waals surface area contributed by atoms with E-state index in [1.807, 2.05) is 12.4 Å². The van der Waals surface area contributed by atoms with Crippen LogP contribution in [0.5, 0.6) is 0 Å². The SMILES string of the molecule is Cn1ccc2c(-c3cn[nH]c3)cccc21. The number of aromatic amines is 1. The quantitative estimate of drug-likeness (QED) is 0.639. The van der Waals surface area contributed by atoms with Gasteiger partial charge >= 0.3 is 0 Å². The van der Waals surface area contributed by atoms with Crippen LogP contribution < -0.4 is 0 Å². The second-order valence-corrected chi connectivity index (χ2v) is 3.65. The summed E-state index contributed by atoms with van der Waals surface area (Å²) in [5.74, 6) is 0. The molecule has 0 aliphatic heterocycles. The third kappa shape index (κ3) is 1.16. The minimum Gasteiger partial charge on any atom is -0.351 e. The van der Waals surface area contributed by atoms with E-state index in [1.165, 1.54) is 16.5 Å². The van der Waals surface area contributed by atoms with Crippen LogP contribution in [0.2, 0.25) is 0 Å². The van der Waals surface area contributed by atoms with Crippen LogP contribution in [0.15, 0.2) is 42.9 Å². The van der Waals surface area contributed by atoms with E-state index >= 15 is 0 Å². The van der Waals surface area contributed by atoms with Gasteiger partial charge in [-0.1, -0.05) is 12.1 Å². The molecule has 0 saturated heterocycles. The second-order valence-electron chi connectivity index (χ2n) is 3.65. The summed E-state index contributed by atoms with van der Waals surface area (Å²) in [5, 5.41) is 8.09. The zero-order valence-corrected chi connectivity index (χ0v) is 8.44. The molecule has 0 aliphatic rings. The highest BCUT2D eigenvalue weighted by Crippen LogP contribution is 2.27. The lowest BCUT2D eigenvalue weighted by atomic mass is 10.1. The summed E-state index contributed by atoms with van der Waals surface area (Å²) in [4.78, 5) is 0. The molecule has 0 atom stereocenters. The fraction of sp³-hybridized carbons (Fsp3) is 0.0833. The Bertz CT molecular complexity index is 590. The Balaban J connectivity index is 2.36. The lowest BCUT2D eigenvalue weighted by Crippen LogP contribution is -1.83. The average Bonchev–Trinajstić information content (AvgIpc) is 2.88. The van der Waals surface area contributed by atoms with E-state index in [1.54, 1.807) is 0 Å². The number of rotatable bonds is 1. The van der Waals surface area contributed by atoms with Crippen LogP contribution >= 0.6 is 0 Å².